The maximum atomic E-state index is 2.25. The van der Waals surface area contributed by atoms with Crippen molar-refractivity contribution in [3.05, 3.63) is 0 Å². The first-order chi connectivity index (χ1) is 2.91. The zero-order valence-electron chi connectivity index (χ0n) is 5.64. The molecule has 0 saturated carbocycles. The van der Waals surface area contributed by atoms with E-state index >= 15 is 0 Å². The summed E-state index contributed by atoms with van der Waals surface area (Å²) in [5, 5.41) is 1.49. The summed E-state index contributed by atoms with van der Waals surface area (Å²) in [6.45, 7) is 2.25. The SMILES string of the molecule is CCCC[CH2][AlH2].I.I. The fourth-order valence-corrected chi connectivity index (χ4v) is 1.000. The summed E-state index contributed by atoms with van der Waals surface area (Å²) in [5.74, 6) is 0. The molecule has 0 aliphatic rings. The van der Waals surface area contributed by atoms with Gasteiger partial charge in [-0.15, -0.1) is 53.2 Å². The first-order valence-corrected chi connectivity index (χ1v) is 4.33. The van der Waals surface area contributed by atoms with Crippen LogP contribution in [0.2, 0.25) is 5.28 Å². The van der Waals surface area contributed by atoms with E-state index in [0.717, 1.165) is 0 Å². The smallest absolute Gasteiger partial charge is 0.107 e. The Labute approximate surface area is 94.6 Å². The average Bonchev–Trinajstić information content (AvgIpc) is 1.61. The first-order valence-electron chi connectivity index (χ1n) is 2.91. The van der Waals surface area contributed by atoms with E-state index in [-0.39, 0.29) is 48.0 Å². The van der Waals surface area contributed by atoms with Crippen LogP contribution in [0.15, 0.2) is 0 Å². The van der Waals surface area contributed by atoms with E-state index in [4.69, 9.17) is 0 Å². The lowest BCUT2D eigenvalue weighted by Gasteiger charge is -1.86. The molecule has 3 heteroatoms. The Hall–Kier alpha value is 1.99. The number of hydrogen-bond donors (Lipinski definition) is 0. The molecule has 0 bridgehead atoms. The van der Waals surface area contributed by atoms with E-state index in [1.807, 2.05) is 0 Å². The minimum atomic E-state index is 0. The van der Waals surface area contributed by atoms with E-state index < -0.39 is 0 Å². The van der Waals surface area contributed by atoms with Crippen LogP contribution in [0.1, 0.15) is 26.2 Å². The zero-order chi connectivity index (χ0) is 4.83. The Kier molecular flexibility index (Phi) is 33.0. The predicted molar refractivity (Wildman–Crippen MR) is 63.7 cm³/mol. The maximum absolute atomic E-state index is 2.25. The van der Waals surface area contributed by atoms with E-state index in [2.05, 4.69) is 6.92 Å². The molecule has 0 aromatic heterocycles. The molecule has 0 aliphatic heterocycles. The quantitative estimate of drug-likeness (QED) is 0.414. The molecule has 0 fully saturated rings. The number of rotatable bonds is 3. The largest absolute Gasteiger partial charge is 0.211 e. The fraction of sp³-hybridized carbons (Fsp3) is 1.00. The van der Waals surface area contributed by atoms with Gasteiger partial charge in [-0.3, -0.25) is 0 Å². The van der Waals surface area contributed by atoms with Crippen LogP contribution < -0.4 is 0 Å². The molecule has 0 amide bonds. The van der Waals surface area contributed by atoms with Crippen LogP contribution in [0.4, 0.5) is 0 Å². The molecule has 52 valence electrons. The lowest BCUT2D eigenvalue weighted by molar-refractivity contribution is 0.771. The van der Waals surface area contributed by atoms with Crippen molar-refractivity contribution in [2.75, 3.05) is 0 Å². The topological polar surface area (TPSA) is 0 Å². The lowest BCUT2D eigenvalue weighted by Crippen LogP contribution is -1.69. The first kappa shape index (κ1) is 16.5. The summed E-state index contributed by atoms with van der Waals surface area (Å²) >= 11 is 1.40. The van der Waals surface area contributed by atoms with Gasteiger partial charge < -0.3 is 0 Å². The molecule has 8 heavy (non-hydrogen) atoms. The highest BCUT2D eigenvalue weighted by molar-refractivity contribution is 14.0. The van der Waals surface area contributed by atoms with Gasteiger partial charge in [0.1, 0.15) is 0 Å². The summed E-state index contributed by atoms with van der Waals surface area (Å²) in [6, 6.07) is 0. The van der Waals surface area contributed by atoms with Gasteiger partial charge in [-0.2, -0.15) is 0 Å². The van der Waals surface area contributed by atoms with Crippen molar-refractivity contribution in [2.24, 2.45) is 0 Å². The van der Waals surface area contributed by atoms with Gasteiger partial charge in [0, 0.05) is 0 Å². The van der Waals surface area contributed by atoms with Gasteiger partial charge in [-0.25, -0.2) is 0 Å². The molecule has 0 aromatic carbocycles. The van der Waals surface area contributed by atoms with Gasteiger partial charge in [0.15, 0.2) is 0 Å². The Morgan fingerprint density at radius 1 is 1.12 bits per heavy atom. The van der Waals surface area contributed by atoms with E-state index in [1.165, 1.54) is 40.8 Å². The summed E-state index contributed by atoms with van der Waals surface area (Å²) < 4.78 is 0. The summed E-state index contributed by atoms with van der Waals surface area (Å²) in [5.41, 5.74) is 0. The van der Waals surface area contributed by atoms with Crippen LogP contribution in [0.25, 0.3) is 0 Å². The summed E-state index contributed by atoms with van der Waals surface area (Å²) in [6.07, 6.45) is 4.30. The lowest BCUT2D eigenvalue weighted by atomic mass is 10.3. The molecule has 0 spiro atoms. The van der Waals surface area contributed by atoms with Crippen molar-refractivity contribution in [3.8, 4) is 0 Å². The van der Waals surface area contributed by atoms with Crippen molar-refractivity contribution in [1.29, 1.82) is 0 Å². The standard InChI is InChI=1S/C5H11.Al.2HI.2H/c1-3-5-4-2;;;;;/h1,3-5H2,2H3;;2*1H;;. The van der Waals surface area contributed by atoms with Crippen LogP contribution in [0.3, 0.4) is 0 Å². The van der Waals surface area contributed by atoms with E-state index in [9.17, 15) is 0 Å². The number of hydrogen-bond acceptors (Lipinski definition) is 0. The minimum Gasteiger partial charge on any atom is -0.107 e. The molecular weight excluding hydrogens is 341 g/mol. The average molecular weight is 356 g/mol. The predicted octanol–water partition coefficient (Wildman–Crippen LogP) is 2.46. The molecule has 0 rings (SSSR count). The molecule has 0 heterocycles. The Morgan fingerprint density at radius 2 is 1.62 bits per heavy atom. The fourth-order valence-electron chi connectivity index (χ4n) is 0.500. The maximum Gasteiger partial charge on any atom is 0.211 e. The van der Waals surface area contributed by atoms with Gasteiger partial charge in [-0.05, 0) is 0 Å². The molecule has 0 aliphatic carbocycles. The zero-order valence-corrected chi connectivity index (χ0v) is 12.3. The van der Waals surface area contributed by atoms with Crippen LogP contribution in [0.5, 0.6) is 0 Å². The second kappa shape index (κ2) is 16.0. The second-order valence-corrected chi connectivity index (χ2v) is 2.71. The molecule has 0 unspecified atom stereocenters. The van der Waals surface area contributed by atoms with Crippen LogP contribution in [-0.2, 0) is 0 Å². The highest BCUT2D eigenvalue weighted by Gasteiger charge is 1.76. The van der Waals surface area contributed by atoms with Gasteiger partial charge in [0.05, 0.1) is 0 Å². The van der Waals surface area contributed by atoms with Gasteiger partial charge >= 0.3 is 0 Å². The number of halogens is 2. The number of unbranched alkanes of at least 4 members (excludes halogenated alkanes) is 2. The van der Waals surface area contributed by atoms with Crippen molar-refractivity contribution in [2.45, 2.75) is 31.5 Å². The highest BCUT2D eigenvalue weighted by Crippen LogP contribution is 1.94. The van der Waals surface area contributed by atoms with Crippen molar-refractivity contribution in [1.82, 2.24) is 0 Å². The molecule has 0 atom stereocenters. The van der Waals surface area contributed by atoms with E-state index in [1.54, 1.807) is 0 Å². The normalized spacial score (nSPS) is 6.62. The molecule has 0 aromatic rings. The van der Waals surface area contributed by atoms with Crippen LogP contribution in [0, 0.1) is 0 Å². The Balaban J connectivity index is -0.000000125. The molecule has 0 nitrogen and oxygen atoms in total. The van der Waals surface area contributed by atoms with Crippen LogP contribution >= 0.6 is 48.0 Å². The van der Waals surface area contributed by atoms with Crippen molar-refractivity contribution >= 4 is 64.2 Å². The molecular formula is C5H15AlI2. The van der Waals surface area contributed by atoms with Crippen molar-refractivity contribution in [3.63, 3.8) is 0 Å². The molecule has 0 radical (unpaired) electrons. The molecule has 0 N–H and O–H groups in total. The molecule has 0 saturated heterocycles. The van der Waals surface area contributed by atoms with Crippen LogP contribution in [-0.4, -0.2) is 16.3 Å². The third kappa shape index (κ3) is 15.7. The Bertz CT molecular complexity index is 22.4. The van der Waals surface area contributed by atoms with E-state index in [0.29, 0.717) is 0 Å². The van der Waals surface area contributed by atoms with Crippen molar-refractivity contribution < 1.29 is 0 Å². The minimum absolute atomic E-state index is 0. The summed E-state index contributed by atoms with van der Waals surface area (Å²) in [4.78, 5) is 0. The summed E-state index contributed by atoms with van der Waals surface area (Å²) in [7, 11) is 0. The monoisotopic (exact) mass is 356 g/mol. The second-order valence-electron chi connectivity index (χ2n) is 1.71. The van der Waals surface area contributed by atoms with Gasteiger partial charge in [-0.1, -0.05) is 26.2 Å². The third-order valence-electron chi connectivity index (χ3n) is 0.957. The van der Waals surface area contributed by atoms with Gasteiger partial charge in [0.2, 0.25) is 16.3 Å². The van der Waals surface area contributed by atoms with Gasteiger partial charge in [0.25, 0.3) is 0 Å². The Morgan fingerprint density at radius 3 is 1.75 bits per heavy atom. The highest BCUT2D eigenvalue weighted by atomic mass is 127. The third-order valence-corrected chi connectivity index (χ3v) is 1.66.